The Bertz CT molecular complexity index is 366. The van der Waals surface area contributed by atoms with Gasteiger partial charge in [0.25, 0.3) is 0 Å². The maximum absolute atomic E-state index is 6.12. The van der Waals surface area contributed by atoms with Crippen LogP contribution in [0.5, 0.6) is 11.5 Å². The predicted octanol–water partition coefficient (Wildman–Crippen LogP) is 2.10. The Labute approximate surface area is 88.0 Å². The summed E-state index contributed by atoms with van der Waals surface area (Å²) in [5.41, 5.74) is 2.12. The molecule has 0 aromatic heterocycles. The minimum absolute atomic E-state index is 0.287. The summed E-state index contributed by atoms with van der Waals surface area (Å²) >= 11 is 6.12. The van der Waals surface area contributed by atoms with Crippen LogP contribution >= 0.6 is 11.6 Å². The van der Waals surface area contributed by atoms with Gasteiger partial charge in [-0.1, -0.05) is 11.6 Å². The molecular weight excluding hydrogens is 202 g/mol. The highest BCUT2D eigenvalue weighted by molar-refractivity contribution is 6.31. The molecule has 0 radical (unpaired) electrons. The average molecular weight is 214 g/mol. The Morgan fingerprint density at radius 2 is 2.29 bits per heavy atom. The lowest BCUT2D eigenvalue weighted by molar-refractivity contribution is 0.173. The first kappa shape index (κ1) is 9.62. The zero-order valence-corrected chi connectivity index (χ0v) is 8.94. The molecule has 0 bridgehead atoms. The molecule has 1 aromatic carbocycles. The fourth-order valence-electron chi connectivity index (χ4n) is 1.60. The lowest BCUT2D eigenvalue weighted by Gasteiger charge is -2.10. The van der Waals surface area contributed by atoms with E-state index in [0.717, 1.165) is 34.2 Å². The Kier molecular flexibility index (Phi) is 2.52. The van der Waals surface area contributed by atoms with Crippen LogP contribution in [-0.2, 0) is 6.54 Å². The van der Waals surface area contributed by atoms with Crippen molar-refractivity contribution in [1.29, 1.82) is 0 Å². The minimum atomic E-state index is 0.287. The van der Waals surface area contributed by atoms with E-state index in [1.165, 1.54) is 0 Å². The normalized spacial score (nSPS) is 13.4. The van der Waals surface area contributed by atoms with Crippen LogP contribution in [0.1, 0.15) is 11.1 Å². The summed E-state index contributed by atoms with van der Waals surface area (Å²) in [6, 6.07) is 1.81. The molecule has 0 atom stereocenters. The molecule has 3 nitrogen and oxygen atoms in total. The lowest BCUT2D eigenvalue weighted by atomic mass is 10.1. The molecule has 1 aromatic rings. The van der Waals surface area contributed by atoms with E-state index in [-0.39, 0.29) is 6.79 Å². The second kappa shape index (κ2) is 3.67. The summed E-state index contributed by atoms with van der Waals surface area (Å²) in [6.45, 7) is 3.02. The molecule has 4 heteroatoms. The summed E-state index contributed by atoms with van der Waals surface area (Å²) < 4.78 is 10.6. The molecule has 0 amide bonds. The zero-order valence-electron chi connectivity index (χ0n) is 8.19. The third kappa shape index (κ3) is 1.42. The SMILES string of the molecule is CNCc1c(Cl)cc2c(c1C)OCO2. The van der Waals surface area contributed by atoms with E-state index < -0.39 is 0 Å². The number of benzene rings is 1. The van der Waals surface area contributed by atoms with Gasteiger partial charge in [0.2, 0.25) is 6.79 Å². The van der Waals surface area contributed by atoms with Gasteiger partial charge in [-0.2, -0.15) is 0 Å². The third-order valence-electron chi connectivity index (χ3n) is 2.33. The predicted molar refractivity (Wildman–Crippen MR) is 55.1 cm³/mol. The fourth-order valence-corrected chi connectivity index (χ4v) is 1.91. The molecular formula is C10H12ClNO2. The van der Waals surface area contributed by atoms with Crippen molar-refractivity contribution < 1.29 is 9.47 Å². The summed E-state index contributed by atoms with van der Waals surface area (Å²) in [6.07, 6.45) is 0. The summed E-state index contributed by atoms with van der Waals surface area (Å²) in [4.78, 5) is 0. The molecule has 2 rings (SSSR count). The fraction of sp³-hybridized carbons (Fsp3) is 0.400. The highest BCUT2D eigenvalue weighted by Gasteiger charge is 2.20. The van der Waals surface area contributed by atoms with Crippen LogP contribution in [0.4, 0.5) is 0 Å². The zero-order chi connectivity index (χ0) is 10.1. The first-order valence-electron chi connectivity index (χ1n) is 4.46. The van der Waals surface area contributed by atoms with Crippen molar-refractivity contribution in [3.05, 3.63) is 22.2 Å². The van der Waals surface area contributed by atoms with Crippen molar-refractivity contribution in [3.63, 3.8) is 0 Å². The number of nitrogens with one attached hydrogen (secondary N) is 1. The van der Waals surface area contributed by atoms with Gasteiger partial charge in [0, 0.05) is 23.2 Å². The van der Waals surface area contributed by atoms with Gasteiger partial charge >= 0.3 is 0 Å². The maximum Gasteiger partial charge on any atom is 0.231 e. The van der Waals surface area contributed by atoms with Crippen LogP contribution in [0, 0.1) is 6.92 Å². The number of halogens is 1. The number of ether oxygens (including phenoxy) is 2. The Hall–Kier alpha value is -0.930. The topological polar surface area (TPSA) is 30.5 Å². The van der Waals surface area contributed by atoms with E-state index in [1.807, 2.05) is 20.0 Å². The van der Waals surface area contributed by atoms with Crippen molar-refractivity contribution in [3.8, 4) is 11.5 Å². The number of hydrogen-bond donors (Lipinski definition) is 1. The van der Waals surface area contributed by atoms with Crippen LogP contribution in [0.25, 0.3) is 0 Å². The van der Waals surface area contributed by atoms with Crippen molar-refractivity contribution in [2.75, 3.05) is 13.8 Å². The summed E-state index contributed by atoms with van der Waals surface area (Å²) in [5, 5.41) is 3.80. The highest BCUT2D eigenvalue weighted by Crippen LogP contribution is 2.40. The van der Waals surface area contributed by atoms with Gasteiger partial charge in [0.1, 0.15) is 0 Å². The molecule has 0 aliphatic carbocycles. The van der Waals surface area contributed by atoms with Gasteiger partial charge < -0.3 is 14.8 Å². The maximum atomic E-state index is 6.12. The van der Waals surface area contributed by atoms with Crippen molar-refractivity contribution >= 4 is 11.6 Å². The van der Waals surface area contributed by atoms with Gasteiger partial charge in [-0.25, -0.2) is 0 Å². The molecule has 1 N–H and O–H groups in total. The smallest absolute Gasteiger partial charge is 0.231 e. The van der Waals surface area contributed by atoms with Crippen molar-refractivity contribution in [2.24, 2.45) is 0 Å². The first-order chi connectivity index (χ1) is 6.74. The third-order valence-corrected chi connectivity index (χ3v) is 2.67. The van der Waals surface area contributed by atoms with Crippen LogP contribution in [-0.4, -0.2) is 13.8 Å². The number of rotatable bonds is 2. The van der Waals surface area contributed by atoms with E-state index in [4.69, 9.17) is 21.1 Å². The Morgan fingerprint density at radius 1 is 1.50 bits per heavy atom. The lowest BCUT2D eigenvalue weighted by Crippen LogP contribution is -2.07. The Morgan fingerprint density at radius 3 is 3.00 bits per heavy atom. The highest BCUT2D eigenvalue weighted by atomic mass is 35.5. The summed E-state index contributed by atoms with van der Waals surface area (Å²) in [7, 11) is 1.89. The van der Waals surface area contributed by atoms with Crippen LogP contribution in [0.15, 0.2) is 6.07 Å². The molecule has 1 heterocycles. The standard InChI is InChI=1S/C10H12ClNO2/c1-6-7(4-12-2)8(11)3-9-10(6)14-5-13-9/h3,12H,4-5H2,1-2H3. The van der Waals surface area contributed by atoms with Gasteiger partial charge in [-0.15, -0.1) is 0 Å². The molecule has 1 aliphatic heterocycles. The molecule has 0 saturated carbocycles. The van der Waals surface area contributed by atoms with Gasteiger partial charge in [-0.3, -0.25) is 0 Å². The molecule has 0 spiro atoms. The second-order valence-electron chi connectivity index (χ2n) is 3.23. The Balaban J connectivity index is 2.51. The molecule has 14 heavy (non-hydrogen) atoms. The van der Waals surface area contributed by atoms with E-state index in [9.17, 15) is 0 Å². The van der Waals surface area contributed by atoms with Crippen LogP contribution in [0.2, 0.25) is 5.02 Å². The molecule has 0 unspecified atom stereocenters. The molecule has 0 fully saturated rings. The monoisotopic (exact) mass is 213 g/mol. The molecule has 76 valence electrons. The van der Waals surface area contributed by atoms with E-state index in [2.05, 4.69) is 5.32 Å². The van der Waals surface area contributed by atoms with Gasteiger partial charge in [0.05, 0.1) is 0 Å². The van der Waals surface area contributed by atoms with E-state index in [1.54, 1.807) is 0 Å². The van der Waals surface area contributed by atoms with Crippen LogP contribution in [0.3, 0.4) is 0 Å². The van der Waals surface area contributed by atoms with Gasteiger partial charge in [0.15, 0.2) is 11.5 Å². The largest absolute Gasteiger partial charge is 0.454 e. The van der Waals surface area contributed by atoms with Crippen molar-refractivity contribution in [1.82, 2.24) is 5.32 Å². The average Bonchev–Trinajstić information content (AvgIpc) is 2.60. The number of fused-ring (bicyclic) bond motifs is 1. The van der Waals surface area contributed by atoms with Crippen molar-refractivity contribution in [2.45, 2.75) is 13.5 Å². The van der Waals surface area contributed by atoms with Gasteiger partial charge in [-0.05, 0) is 19.5 Å². The molecule has 1 aliphatic rings. The number of hydrogen-bond acceptors (Lipinski definition) is 3. The summed E-state index contributed by atoms with van der Waals surface area (Å²) in [5.74, 6) is 1.56. The second-order valence-corrected chi connectivity index (χ2v) is 3.63. The van der Waals surface area contributed by atoms with E-state index >= 15 is 0 Å². The minimum Gasteiger partial charge on any atom is -0.454 e. The van der Waals surface area contributed by atoms with E-state index in [0.29, 0.717) is 0 Å². The quantitative estimate of drug-likeness (QED) is 0.816. The molecule has 0 saturated heterocycles. The van der Waals surface area contributed by atoms with Crippen LogP contribution < -0.4 is 14.8 Å². The first-order valence-corrected chi connectivity index (χ1v) is 4.84.